The number of methoxy groups -OCH3 is 3. The molecule has 0 aliphatic carbocycles. The molecule has 2 aromatic rings. The van der Waals surface area contributed by atoms with E-state index in [1.807, 2.05) is 37.3 Å². The highest BCUT2D eigenvalue weighted by Crippen LogP contribution is 2.39. The lowest BCUT2D eigenvalue weighted by Gasteiger charge is -2.18. The molecule has 0 fully saturated rings. The van der Waals surface area contributed by atoms with Gasteiger partial charge in [-0.05, 0) is 24.6 Å². The Bertz CT molecular complexity index is 748. The molecular weight excluding hydrogens is 386 g/mol. The molecule has 5 nitrogen and oxygen atoms in total. The summed E-state index contributed by atoms with van der Waals surface area (Å²) in [5.74, 6) is 1.44. The van der Waals surface area contributed by atoms with E-state index in [1.165, 1.54) is 0 Å². The minimum Gasteiger partial charge on any atom is -0.493 e. The first-order chi connectivity index (χ1) is 12.0. The highest BCUT2D eigenvalue weighted by molar-refractivity contribution is 9.10. The molecule has 0 spiro atoms. The average molecular weight is 408 g/mol. The van der Waals surface area contributed by atoms with Crippen LogP contribution >= 0.6 is 15.9 Å². The summed E-state index contributed by atoms with van der Waals surface area (Å²) < 4.78 is 17.0. The number of nitrogens with one attached hydrogen (secondary N) is 1. The van der Waals surface area contributed by atoms with Crippen LogP contribution in [0.5, 0.6) is 17.2 Å². The van der Waals surface area contributed by atoms with E-state index in [1.54, 1.807) is 27.4 Å². The zero-order chi connectivity index (χ0) is 18.4. The van der Waals surface area contributed by atoms with E-state index >= 15 is 0 Å². The number of benzene rings is 2. The molecule has 1 N–H and O–H groups in total. The summed E-state index contributed by atoms with van der Waals surface area (Å²) >= 11 is 3.51. The lowest BCUT2D eigenvalue weighted by Crippen LogP contribution is -2.28. The Labute approximate surface area is 156 Å². The van der Waals surface area contributed by atoms with Crippen molar-refractivity contribution in [1.29, 1.82) is 0 Å². The third kappa shape index (κ3) is 4.45. The predicted octanol–water partition coefficient (Wildman–Crippen LogP) is 3.89. The molecule has 2 rings (SSSR count). The van der Waals surface area contributed by atoms with Gasteiger partial charge < -0.3 is 19.5 Å². The van der Waals surface area contributed by atoms with Crippen molar-refractivity contribution < 1.29 is 19.0 Å². The molecule has 6 heteroatoms. The third-order valence-electron chi connectivity index (χ3n) is 3.89. The largest absolute Gasteiger partial charge is 0.493 e. The van der Waals surface area contributed by atoms with Crippen LogP contribution in [0.2, 0.25) is 0 Å². The second kappa shape index (κ2) is 8.76. The van der Waals surface area contributed by atoms with Gasteiger partial charge in [0, 0.05) is 10.0 Å². The van der Waals surface area contributed by atoms with E-state index in [2.05, 4.69) is 21.2 Å². The highest BCUT2D eigenvalue weighted by atomic mass is 79.9. The molecule has 2 aromatic carbocycles. The molecule has 134 valence electrons. The number of hydrogen-bond donors (Lipinski definition) is 1. The number of hydrogen-bond acceptors (Lipinski definition) is 4. The van der Waals surface area contributed by atoms with E-state index in [4.69, 9.17) is 14.2 Å². The second-order valence-electron chi connectivity index (χ2n) is 5.48. The first kappa shape index (κ1) is 19.1. The van der Waals surface area contributed by atoms with Crippen LogP contribution in [0.4, 0.5) is 0 Å². The molecule has 0 aromatic heterocycles. The fourth-order valence-electron chi connectivity index (χ4n) is 2.67. The average Bonchev–Trinajstić information content (AvgIpc) is 2.61. The minimum absolute atomic E-state index is 0.103. The van der Waals surface area contributed by atoms with Crippen molar-refractivity contribution >= 4 is 21.8 Å². The Morgan fingerprint density at radius 2 is 1.72 bits per heavy atom. The molecule has 0 bridgehead atoms. The normalized spacial score (nSPS) is 11.6. The first-order valence-corrected chi connectivity index (χ1v) is 8.62. The monoisotopic (exact) mass is 407 g/mol. The van der Waals surface area contributed by atoms with E-state index in [-0.39, 0.29) is 18.4 Å². The van der Waals surface area contributed by atoms with Crippen molar-refractivity contribution in [3.8, 4) is 17.2 Å². The Hall–Kier alpha value is -2.21. The molecule has 0 saturated heterocycles. The third-order valence-corrected chi connectivity index (χ3v) is 4.61. The summed E-state index contributed by atoms with van der Waals surface area (Å²) in [4.78, 5) is 12.5. The molecule has 0 heterocycles. The summed E-state index contributed by atoms with van der Waals surface area (Å²) in [5, 5.41) is 3.01. The summed E-state index contributed by atoms with van der Waals surface area (Å²) in [6.07, 6.45) is 0.179. The van der Waals surface area contributed by atoms with Gasteiger partial charge in [-0.25, -0.2) is 0 Å². The summed E-state index contributed by atoms with van der Waals surface area (Å²) in [7, 11) is 4.64. The maximum atomic E-state index is 12.5. The minimum atomic E-state index is -0.116. The van der Waals surface area contributed by atoms with Gasteiger partial charge in [0.25, 0.3) is 0 Å². The fourth-order valence-corrected chi connectivity index (χ4v) is 3.30. The van der Waals surface area contributed by atoms with Gasteiger partial charge in [0.1, 0.15) is 0 Å². The Morgan fingerprint density at radius 3 is 2.32 bits per heavy atom. The fraction of sp³-hybridized carbons (Fsp3) is 0.316. The van der Waals surface area contributed by atoms with Crippen LogP contribution in [0.1, 0.15) is 24.1 Å². The van der Waals surface area contributed by atoms with Crippen LogP contribution in [0, 0.1) is 0 Å². The van der Waals surface area contributed by atoms with Crippen molar-refractivity contribution in [3.63, 3.8) is 0 Å². The van der Waals surface area contributed by atoms with Crippen molar-refractivity contribution in [2.75, 3.05) is 21.3 Å². The molecule has 0 radical (unpaired) electrons. The van der Waals surface area contributed by atoms with Gasteiger partial charge in [0.15, 0.2) is 11.5 Å². The summed E-state index contributed by atoms with van der Waals surface area (Å²) in [6, 6.07) is 11.3. The number of carbonyl (C=O) groups is 1. The zero-order valence-corrected chi connectivity index (χ0v) is 16.3. The first-order valence-electron chi connectivity index (χ1n) is 7.83. The van der Waals surface area contributed by atoms with Crippen molar-refractivity contribution in [2.45, 2.75) is 19.4 Å². The highest BCUT2D eigenvalue weighted by Gasteiger charge is 2.19. The quantitative estimate of drug-likeness (QED) is 0.755. The van der Waals surface area contributed by atoms with Crippen LogP contribution in [-0.4, -0.2) is 27.2 Å². The summed E-state index contributed by atoms with van der Waals surface area (Å²) in [6.45, 7) is 1.95. The maximum absolute atomic E-state index is 12.5. The van der Waals surface area contributed by atoms with Gasteiger partial charge in [-0.3, -0.25) is 4.79 Å². The van der Waals surface area contributed by atoms with Gasteiger partial charge in [0.2, 0.25) is 11.7 Å². The van der Waals surface area contributed by atoms with Crippen molar-refractivity contribution in [2.24, 2.45) is 0 Å². The van der Waals surface area contributed by atoms with Crippen LogP contribution in [-0.2, 0) is 11.2 Å². The summed E-state index contributed by atoms with van der Waals surface area (Å²) in [5.41, 5.74) is 1.76. The number of ether oxygens (including phenoxy) is 3. The van der Waals surface area contributed by atoms with Gasteiger partial charge in [-0.1, -0.05) is 40.2 Å². The molecule has 1 amide bonds. The van der Waals surface area contributed by atoms with Gasteiger partial charge in [0.05, 0.1) is 33.8 Å². The van der Waals surface area contributed by atoms with Crippen LogP contribution in [0.3, 0.4) is 0 Å². The van der Waals surface area contributed by atoms with E-state index in [0.29, 0.717) is 17.2 Å². The zero-order valence-electron chi connectivity index (χ0n) is 14.8. The van der Waals surface area contributed by atoms with Crippen LogP contribution in [0.25, 0.3) is 0 Å². The van der Waals surface area contributed by atoms with E-state index < -0.39 is 0 Å². The lowest BCUT2D eigenvalue weighted by atomic mass is 10.1. The smallest absolute Gasteiger partial charge is 0.225 e. The number of halogens is 1. The van der Waals surface area contributed by atoms with Crippen molar-refractivity contribution in [3.05, 3.63) is 52.0 Å². The molecule has 0 unspecified atom stereocenters. The number of carbonyl (C=O) groups excluding carboxylic acids is 1. The molecule has 0 saturated carbocycles. The van der Waals surface area contributed by atoms with E-state index in [9.17, 15) is 4.79 Å². The SMILES string of the molecule is COc1ccc(CC(=O)N[C@@H](C)c2ccccc2Br)c(OC)c1OC. The maximum Gasteiger partial charge on any atom is 0.225 e. The Kier molecular flexibility index (Phi) is 6.70. The van der Waals surface area contributed by atoms with Crippen LogP contribution in [0.15, 0.2) is 40.9 Å². The Morgan fingerprint density at radius 1 is 1.04 bits per heavy atom. The van der Waals surface area contributed by atoms with Crippen LogP contribution < -0.4 is 19.5 Å². The molecular formula is C19H22BrNO4. The standard InChI is InChI=1S/C19H22BrNO4/c1-12(14-7-5-6-8-15(14)20)21-17(22)11-13-9-10-16(23-2)19(25-4)18(13)24-3/h5-10,12H,11H2,1-4H3,(H,21,22)/t12-/m0/s1. The number of amides is 1. The van der Waals surface area contributed by atoms with Gasteiger partial charge >= 0.3 is 0 Å². The van der Waals surface area contributed by atoms with Gasteiger partial charge in [-0.15, -0.1) is 0 Å². The van der Waals surface area contributed by atoms with Gasteiger partial charge in [-0.2, -0.15) is 0 Å². The van der Waals surface area contributed by atoms with E-state index in [0.717, 1.165) is 15.6 Å². The predicted molar refractivity (Wildman–Crippen MR) is 101 cm³/mol. The Balaban J connectivity index is 2.16. The topological polar surface area (TPSA) is 56.8 Å². The molecule has 0 aliphatic heterocycles. The second-order valence-corrected chi connectivity index (χ2v) is 6.34. The molecule has 1 atom stereocenters. The number of rotatable bonds is 7. The molecule has 25 heavy (non-hydrogen) atoms. The molecule has 0 aliphatic rings. The van der Waals surface area contributed by atoms with Crippen molar-refractivity contribution in [1.82, 2.24) is 5.32 Å². The lowest BCUT2D eigenvalue weighted by molar-refractivity contribution is -0.121.